The normalized spacial score (nSPS) is 10.6. The number of hydrogen-bond donors (Lipinski definition) is 1. The van der Waals surface area contributed by atoms with E-state index in [1.165, 1.54) is 11.1 Å². The zero-order valence-corrected chi connectivity index (χ0v) is 14.5. The summed E-state index contributed by atoms with van der Waals surface area (Å²) in [6.07, 6.45) is 0.862. The van der Waals surface area contributed by atoms with Crippen LogP contribution < -0.4 is 0 Å². The van der Waals surface area contributed by atoms with Crippen LogP contribution in [0.5, 0.6) is 5.75 Å². The first-order chi connectivity index (χ1) is 12.8. The lowest BCUT2D eigenvalue weighted by Crippen LogP contribution is -1.94. The predicted molar refractivity (Wildman–Crippen MR) is 108 cm³/mol. The van der Waals surface area contributed by atoms with Crippen LogP contribution in [0, 0.1) is 0 Å². The van der Waals surface area contributed by atoms with Gasteiger partial charge in [0.25, 0.3) is 0 Å². The number of rotatable bonds is 4. The van der Waals surface area contributed by atoms with Gasteiger partial charge in [-0.05, 0) is 40.3 Å². The van der Waals surface area contributed by atoms with Gasteiger partial charge in [0, 0.05) is 5.56 Å². The Morgan fingerprint density at radius 2 is 1.15 bits per heavy atom. The molecule has 1 heteroatoms. The topological polar surface area (TPSA) is 20.2 Å². The van der Waals surface area contributed by atoms with Crippen molar-refractivity contribution in [3.05, 3.63) is 114 Å². The van der Waals surface area contributed by atoms with E-state index in [9.17, 15) is 5.11 Å². The van der Waals surface area contributed by atoms with E-state index in [1.54, 1.807) is 6.07 Å². The first-order valence-electron chi connectivity index (χ1n) is 8.82. The molecule has 4 rings (SSSR count). The summed E-state index contributed by atoms with van der Waals surface area (Å²) in [4.78, 5) is 0. The van der Waals surface area contributed by atoms with Crippen LogP contribution in [0.2, 0.25) is 0 Å². The van der Waals surface area contributed by atoms with Gasteiger partial charge in [0.1, 0.15) is 5.75 Å². The third-order valence-corrected chi connectivity index (χ3v) is 4.65. The predicted octanol–water partition coefficient (Wildman–Crippen LogP) is 6.32. The molecule has 4 aromatic carbocycles. The molecule has 0 aliphatic heterocycles. The van der Waals surface area contributed by atoms with Crippen LogP contribution in [-0.2, 0) is 6.42 Å². The molecule has 0 heterocycles. The molecule has 26 heavy (non-hydrogen) atoms. The van der Waals surface area contributed by atoms with E-state index in [1.807, 2.05) is 42.5 Å². The molecule has 0 unspecified atom stereocenters. The highest BCUT2D eigenvalue weighted by atomic mass is 16.3. The number of phenols is 1. The van der Waals surface area contributed by atoms with Crippen LogP contribution in [0.1, 0.15) is 11.1 Å². The van der Waals surface area contributed by atoms with Crippen molar-refractivity contribution in [2.24, 2.45) is 0 Å². The number of phenolic OH excluding ortho intramolecular Hbond substituents is 1. The molecule has 0 fully saturated rings. The highest BCUT2D eigenvalue weighted by Gasteiger charge is 2.14. The van der Waals surface area contributed by atoms with Gasteiger partial charge in [-0.15, -0.1) is 0 Å². The van der Waals surface area contributed by atoms with Crippen molar-refractivity contribution in [1.29, 1.82) is 0 Å². The molecule has 0 radical (unpaired) electrons. The lowest BCUT2D eigenvalue weighted by atomic mass is 9.89. The summed E-state index contributed by atoms with van der Waals surface area (Å²) >= 11 is 0. The minimum absolute atomic E-state index is 0.309. The van der Waals surface area contributed by atoms with Crippen LogP contribution in [-0.4, -0.2) is 5.11 Å². The molecule has 0 aliphatic rings. The third kappa shape index (κ3) is 3.25. The van der Waals surface area contributed by atoms with E-state index in [2.05, 4.69) is 54.6 Å². The molecule has 1 N–H and O–H groups in total. The molecule has 1 nitrogen and oxygen atoms in total. The van der Waals surface area contributed by atoms with Crippen LogP contribution in [0.4, 0.5) is 0 Å². The molecule has 0 bridgehead atoms. The van der Waals surface area contributed by atoms with Gasteiger partial charge in [0.05, 0.1) is 0 Å². The summed E-state index contributed by atoms with van der Waals surface area (Å²) < 4.78 is 0. The fourth-order valence-corrected chi connectivity index (χ4v) is 3.43. The van der Waals surface area contributed by atoms with Crippen LogP contribution in [0.3, 0.4) is 0 Å². The van der Waals surface area contributed by atoms with E-state index in [-0.39, 0.29) is 0 Å². The highest BCUT2D eigenvalue weighted by Crippen LogP contribution is 2.40. The Morgan fingerprint density at radius 3 is 1.92 bits per heavy atom. The molecule has 0 amide bonds. The quantitative estimate of drug-likeness (QED) is 0.462. The van der Waals surface area contributed by atoms with Crippen molar-refractivity contribution in [2.45, 2.75) is 6.42 Å². The van der Waals surface area contributed by atoms with Gasteiger partial charge in [-0.1, -0.05) is 97.1 Å². The maximum Gasteiger partial charge on any atom is 0.124 e. The maximum atomic E-state index is 10.6. The molecule has 0 saturated heterocycles. The molecule has 4 aromatic rings. The Bertz CT molecular complexity index is 1000. The summed E-state index contributed by atoms with van der Waals surface area (Å²) in [5, 5.41) is 10.6. The lowest BCUT2D eigenvalue weighted by molar-refractivity contribution is 0.477. The Hall–Kier alpha value is -3.32. The van der Waals surface area contributed by atoms with Crippen molar-refractivity contribution in [3.8, 4) is 28.0 Å². The van der Waals surface area contributed by atoms with Crippen molar-refractivity contribution < 1.29 is 5.11 Å². The monoisotopic (exact) mass is 336 g/mol. The van der Waals surface area contributed by atoms with Gasteiger partial charge in [0.2, 0.25) is 0 Å². The number of benzene rings is 4. The van der Waals surface area contributed by atoms with Gasteiger partial charge < -0.3 is 5.11 Å². The summed E-state index contributed by atoms with van der Waals surface area (Å²) in [5.74, 6) is 0.309. The second kappa shape index (κ2) is 7.28. The van der Waals surface area contributed by atoms with Crippen LogP contribution in [0.25, 0.3) is 22.3 Å². The Kier molecular flexibility index (Phi) is 4.53. The van der Waals surface area contributed by atoms with E-state index < -0.39 is 0 Å². The average molecular weight is 336 g/mol. The van der Waals surface area contributed by atoms with Crippen molar-refractivity contribution >= 4 is 0 Å². The molecular formula is C25H20O. The van der Waals surface area contributed by atoms with Gasteiger partial charge in [-0.3, -0.25) is 0 Å². The number of hydrogen-bond acceptors (Lipinski definition) is 1. The SMILES string of the molecule is Oc1cccc(-c2ccccc2Cc2ccccc2)c1-c1ccccc1. The summed E-state index contributed by atoms with van der Waals surface area (Å²) in [6.45, 7) is 0. The Labute approximate surface area is 154 Å². The van der Waals surface area contributed by atoms with Crippen molar-refractivity contribution in [2.75, 3.05) is 0 Å². The Balaban J connectivity index is 1.86. The summed E-state index contributed by atoms with van der Waals surface area (Å²) in [7, 11) is 0. The van der Waals surface area contributed by atoms with Gasteiger partial charge in [-0.2, -0.15) is 0 Å². The minimum atomic E-state index is 0.309. The molecule has 0 spiro atoms. The molecular weight excluding hydrogens is 316 g/mol. The minimum Gasteiger partial charge on any atom is -0.507 e. The van der Waals surface area contributed by atoms with Crippen molar-refractivity contribution in [1.82, 2.24) is 0 Å². The second-order valence-corrected chi connectivity index (χ2v) is 6.39. The smallest absolute Gasteiger partial charge is 0.124 e. The average Bonchev–Trinajstić information content (AvgIpc) is 2.70. The maximum absolute atomic E-state index is 10.6. The van der Waals surface area contributed by atoms with E-state index >= 15 is 0 Å². The Morgan fingerprint density at radius 1 is 0.538 bits per heavy atom. The van der Waals surface area contributed by atoms with Gasteiger partial charge >= 0.3 is 0 Å². The zero-order chi connectivity index (χ0) is 17.8. The van der Waals surface area contributed by atoms with E-state index in [0.717, 1.165) is 28.7 Å². The van der Waals surface area contributed by atoms with E-state index in [4.69, 9.17) is 0 Å². The fraction of sp³-hybridized carbons (Fsp3) is 0.0400. The summed E-state index contributed by atoms with van der Waals surface area (Å²) in [5.41, 5.74) is 6.65. The van der Waals surface area contributed by atoms with E-state index in [0.29, 0.717) is 5.75 Å². The van der Waals surface area contributed by atoms with Gasteiger partial charge in [0.15, 0.2) is 0 Å². The number of aromatic hydroxyl groups is 1. The molecule has 0 atom stereocenters. The first-order valence-corrected chi connectivity index (χ1v) is 8.82. The second-order valence-electron chi connectivity index (χ2n) is 6.39. The fourth-order valence-electron chi connectivity index (χ4n) is 3.43. The van der Waals surface area contributed by atoms with Gasteiger partial charge in [-0.25, -0.2) is 0 Å². The van der Waals surface area contributed by atoms with Crippen molar-refractivity contribution in [3.63, 3.8) is 0 Å². The largest absolute Gasteiger partial charge is 0.507 e. The lowest BCUT2D eigenvalue weighted by Gasteiger charge is -2.16. The third-order valence-electron chi connectivity index (χ3n) is 4.65. The first kappa shape index (κ1) is 16.2. The molecule has 126 valence electrons. The molecule has 0 saturated carbocycles. The van der Waals surface area contributed by atoms with Crippen LogP contribution in [0.15, 0.2) is 103 Å². The highest BCUT2D eigenvalue weighted by molar-refractivity contribution is 5.88. The zero-order valence-electron chi connectivity index (χ0n) is 14.5. The summed E-state index contributed by atoms with van der Waals surface area (Å²) in [6, 6.07) is 34.8. The van der Waals surface area contributed by atoms with Crippen LogP contribution >= 0.6 is 0 Å². The molecule has 0 aliphatic carbocycles. The molecule has 0 aromatic heterocycles. The standard InChI is InChI=1S/C25H20O/c26-24-17-9-16-23(25(24)20-12-5-2-6-13-20)22-15-8-7-14-21(22)18-19-10-3-1-4-11-19/h1-17,26H,18H2.